The Hall–Kier alpha value is -3.21. The zero-order valence-corrected chi connectivity index (χ0v) is 16.2. The Morgan fingerprint density at radius 2 is 1.97 bits per heavy atom. The van der Waals surface area contributed by atoms with Gasteiger partial charge in [-0.2, -0.15) is 8.78 Å². The van der Waals surface area contributed by atoms with E-state index < -0.39 is 22.4 Å². The molecule has 0 unspecified atom stereocenters. The van der Waals surface area contributed by atoms with E-state index in [4.69, 9.17) is 9.47 Å². The van der Waals surface area contributed by atoms with Crippen molar-refractivity contribution in [1.82, 2.24) is 9.38 Å². The van der Waals surface area contributed by atoms with Crippen molar-refractivity contribution in [3.05, 3.63) is 53.9 Å². The Morgan fingerprint density at radius 3 is 2.62 bits per heavy atom. The van der Waals surface area contributed by atoms with Gasteiger partial charge in [0.05, 0.1) is 12.6 Å². The van der Waals surface area contributed by atoms with Crippen molar-refractivity contribution in [2.24, 2.45) is 0 Å². The Labute approximate surface area is 164 Å². The number of ether oxygens (including phenoxy) is 3. The number of pyridine rings is 1. The molecule has 0 spiro atoms. The van der Waals surface area contributed by atoms with Crippen LogP contribution in [-0.2, 0) is 21.2 Å². The van der Waals surface area contributed by atoms with E-state index in [2.05, 4.69) is 9.72 Å². The number of methoxy groups -OCH3 is 1. The summed E-state index contributed by atoms with van der Waals surface area (Å²) in [5.41, 5.74) is 0.565. The monoisotopic (exact) mass is 426 g/mol. The maximum absolute atomic E-state index is 12.5. The van der Waals surface area contributed by atoms with Gasteiger partial charge in [-0.3, -0.25) is 4.40 Å². The number of halogens is 2. The van der Waals surface area contributed by atoms with Crippen molar-refractivity contribution >= 4 is 21.3 Å². The lowest BCUT2D eigenvalue weighted by atomic mass is 10.2. The second-order valence-corrected chi connectivity index (χ2v) is 7.82. The molecule has 0 saturated heterocycles. The van der Waals surface area contributed by atoms with E-state index in [-0.39, 0.29) is 34.5 Å². The standard InChI is InChI=1S/C18H16F2N2O6S/c1-26-14-9-11(6-7-13(14)28-17(19)20)10-27-16(23)15-12-5-3-4-8-22(12)18(21-15)29(2,24)25/h3-9,17H,10H2,1-2H3. The Morgan fingerprint density at radius 1 is 1.21 bits per heavy atom. The predicted molar refractivity (Wildman–Crippen MR) is 97.0 cm³/mol. The predicted octanol–water partition coefficient (Wildman–Crippen LogP) is 2.70. The zero-order valence-electron chi connectivity index (χ0n) is 15.3. The van der Waals surface area contributed by atoms with E-state index in [1.165, 1.54) is 42.0 Å². The summed E-state index contributed by atoms with van der Waals surface area (Å²) in [5.74, 6) is -0.948. The number of esters is 1. The van der Waals surface area contributed by atoms with Gasteiger partial charge in [0.1, 0.15) is 6.61 Å². The SMILES string of the molecule is COc1cc(COC(=O)c2nc(S(C)(=O)=O)n3ccccc23)ccc1OC(F)F. The number of alkyl halides is 2. The number of nitrogens with zero attached hydrogens (tertiary/aromatic N) is 2. The first-order valence-electron chi connectivity index (χ1n) is 8.16. The van der Waals surface area contributed by atoms with E-state index in [9.17, 15) is 22.0 Å². The van der Waals surface area contributed by atoms with Gasteiger partial charge >= 0.3 is 12.6 Å². The third kappa shape index (κ3) is 4.45. The number of imidazole rings is 1. The first-order chi connectivity index (χ1) is 13.7. The molecule has 0 saturated carbocycles. The van der Waals surface area contributed by atoms with Crippen LogP contribution in [0, 0.1) is 0 Å². The molecule has 3 aromatic rings. The summed E-state index contributed by atoms with van der Waals surface area (Å²) in [6, 6.07) is 8.86. The van der Waals surface area contributed by atoms with Crippen molar-refractivity contribution in [2.75, 3.05) is 13.4 Å². The molecule has 8 nitrogen and oxygen atoms in total. The average Bonchev–Trinajstić information content (AvgIpc) is 3.06. The molecular formula is C18H16F2N2O6S. The van der Waals surface area contributed by atoms with E-state index in [1.807, 2.05) is 0 Å². The number of benzene rings is 1. The van der Waals surface area contributed by atoms with Gasteiger partial charge in [0.25, 0.3) is 0 Å². The third-order valence-electron chi connectivity index (χ3n) is 3.86. The summed E-state index contributed by atoms with van der Waals surface area (Å²) in [7, 11) is -2.40. The van der Waals surface area contributed by atoms with Crippen molar-refractivity contribution in [3.63, 3.8) is 0 Å². The number of carbonyl (C=O) groups excluding carboxylic acids is 1. The van der Waals surface area contributed by atoms with Crippen LogP contribution >= 0.6 is 0 Å². The van der Waals surface area contributed by atoms with Crippen LogP contribution < -0.4 is 9.47 Å². The van der Waals surface area contributed by atoms with Crippen molar-refractivity contribution in [2.45, 2.75) is 18.4 Å². The molecule has 0 bridgehead atoms. The van der Waals surface area contributed by atoms with Crippen LogP contribution in [0.4, 0.5) is 8.78 Å². The van der Waals surface area contributed by atoms with Crippen LogP contribution in [0.25, 0.3) is 5.52 Å². The molecule has 1 aromatic carbocycles. The average molecular weight is 426 g/mol. The fourth-order valence-corrected chi connectivity index (χ4v) is 3.41. The number of fused-ring (bicyclic) bond motifs is 1. The number of hydrogen-bond donors (Lipinski definition) is 0. The largest absolute Gasteiger partial charge is 0.493 e. The smallest absolute Gasteiger partial charge is 0.387 e. The maximum Gasteiger partial charge on any atom is 0.387 e. The van der Waals surface area contributed by atoms with Crippen molar-refractivity contribution in [1.29, 1.82) is 0 Å². The lowest BCUT2D eigenvalue weighted by Gasteiger charge is -2.11. The first kappa shape index (κ1) is 20.5. The Bertz CT molecular complexity index is 1160. The van der Waals surface area contributed by atoms with Gasteiger partial charge in [0, 0.05) is 12.5 Å². The molecule has 0 N–H and O–H groups in total. The molecule has 154 valence electrons. The Kier molecular flexibility index (Phi) is 5.69. The fraction of sp³-hybridized carbons (Fsp3) is 0.222. The summed E-state index contributed by atoms with van der Waals surface area (Å²) in [5, 5.41) is -0.282. The molecule has 0 fully saturated rings. The molecule has 29 heavy (non-hydrogen) atoms. The first-order valence-corrected chi connectivity index (χ1v) is 10.1. The Balaban J connectivity index is 1.83. The highest BCUT2D eigenvalue weighted by Gasteiger charge is 2.23. The normalized spacial score (nSPS) is 11.6. The molecule has 2 aromatic heterocycles. The zero-order chi connectivity index (χ0) is 21.2. The quantitative estimate of drug-likeness (QED) is 0.536. The van der Waals surface area contributed by atoms with E-state index >= 15 is 0 Å². The van der Waals surface area contributed by atoms with Crippen LogP contribution in [0.2, 0.25) is 0 Å². The molecule has 3 rings (SSSR count). The van der Waals surface area contributed by atoms with E-state index in [0.717, 1.165) is 6.26 Å². The second-order valence-electron chi connectivity index (χ2n) is 5.91. The van der Waals surface area contributed by atoms with Gasteiger partial charge in [-0.15, -0.1) is 0 Å². The van der Waals surface area contributed by atoms with Crippen LogP contribution in [0.3, 0.4) is 0 Å². The fourth-order valence-electron chi connectivity index (χ4n) is 2.63. The number of aromatic nitrogens is 2. The minimum atomic E-state index is -3.68. The molecule has 11 heteroatoms. The van der Waals surface area contributed by atoms with Gasteiger partial charge in [-0.1, -0.05) is 12.1 Å². The topological polar surface area (TPSA) is 96.2 Å². The van der Waals surface area contributed by atoms with Gasteiger partial charge < -0.3 is 14.2 Å². The van der Waals surface area contributed by atoms with Crippen LogP contribution in [-0.4, -0.2) is 43.7 Å². The summed E-state index contributed by atoms with van der Waals surface area (Å²) < 4.78 is 64.5. The lowest BCUT2D eigenvalue weighted by Crippen LogP contribution is -2.08. The minimum absolute atomic E-state index is 0.0469. The van der Waals surface area contributed by atoms with Gasteiger partial charge in [-0.05, 0) is 29.8 Å². The van der Waals surface area contributed by atoms with Crippen LogP contribution in [0.5, 0.6) is 11.5 Å². The minimum Gasteiger partial charge on any atom is -0.493 e. The molecular weight excluding hydrogens is 410 g/mol. The summed E-state index contributed by atoms with van der Waals surface area (Å²) in [6.07, 6.45) is 2.46. The van der Waals surface area contributed by atoms with Crippen LogP contribution in [0.15, 0.2) is 47.8 Å². The number of sulfone groups is 1. The summed E-state index contributed by atoms with van der Waals surface area (Å²) in [6.45, 7) is -3.23. The molecule has 0 radical (unpaired) electrons. The highest BCUT2D eigenvalue weighted by molar-refractivity contribution is 7.90. The van der Waals surface area contributed by atoms with Gasteiger partial charge in [0.2, 0.25) is 15.0 Å². The number of rotatable bonds is 7. The lowest BCUT2D eigenvalue weighted by molar-refractivity contribution is -0.0512. The van der Waals surface area contributed by atoms with Crippen LogP contribution in [0.1, 0.15) is 16.1 Å². The van der Waals surface area contributed by atoms with Crippen molar-refractivity contribution in [3.8, 4) is 11.5 Å². The van der Waals surface area contributed by atoms with Gasteiger partial charge in [-0.25, -0.2) is 18.2 Å². The molecule has 2 heterocycles. The highest BCUT2D eigenvalue weighted by Crippen LogP contribution is 2.30. The molecule has 0 atom stereocenters. The number of carbonyl (C=O) groups is 1. The van der Waals surface area contributed by atoms with E-state index in [1.54, 1.807) is 12.1 Å². The van der Waals surface area contributed by atoms with Gasteiger partial charge in [0.15, 0.2) is 17.2 Å². The second kappa shape index (κ2) is 8.03. The highest BCUT2D eigenvalue weighted by atomic mass is 32.2. The molecule has 0 aliphatic carbocycles. The third-order valence-corrected chi connectivity index (χ3v) is 4.81. The molecule has 0 aliphatic rings. The molecule has 0 aliphatic heterocycles. The number of hydrogen-bond acceptors (Lipinski definition) is 7. The summed E-state index contributed by atoms with van der Waals surface area (Å²) in [4.78, 5) is 16.4. The maximum atomic E-state index is 12.5. The van der Waals surface area contributed by atoms with Crippen molar-refractivity contribution < 1.29 is 36.2 Å². The molecule has 0 amide bonds. The van der Waals surface area contributed by atoms with E-state index in [0.29, 0.717) is 5.56 Å². The summed E-state index contributed by atoms with van der Waals surface area (Å²) >= 11 is 0.